The van der Waals surface area contributed by atoms with Crippen LogP contribution in [0.3, 0.4) is 0 Å². The lowest BCUT2D eigenvalue weighted by Gasteiger charge is -2.08. The molecule has 0 fully saturated rings. The van der Waals surface area contributed by atoms with Crippen LogP contribution in [-0.4, -0.2) is 19.2 Å². The Balaban J connectivity index is 2.97. The summed E-state index contributed by atoms with van der Waals surface area (Å²) in [4.78, 5) is 11.6. The zero-order chi connectivity index (χ0) is 12.7. The highest BCUT2D eigenvalue weighted by atomic mass is 79.9. The molecule has 0 aliphatic carbocycles. The Kier molecular flexibility index (Phi) is 5.77. The van der Waals surface area contributed by atoms with E-state index < -0.39 is 5.97 Å². The van der Waals surface area contributed by atoms with E-state index >= 15 is 0 Å². The summed E-state index contributed by atoms with van der Waals surface area (Å²) in [6.45, 7) is 4.35. The summed E-state index contributed by atoms with van der Waals surface area (Å²) in [6, 6.07) is 7.60. The van der Waals surface area contributed by atoms with E-state index in [2.05, 4.69) is 15.9 Å². The molecule has 92 valence electrons. The summed E-state index contributed by atoms with van der Waals surface area (Å²) >= 11 is 3.41. The van der Waals surface area contributed by atoms with Gasteiger partial charge >= 0.3 is 5.97 Å². The topological polar surface area (TPSA) is 35.5 Å². The molecule has 0 spiro atoms. The average Bonchev–Trinajstić information content (AvgIpc) is 2.31. The van der Waals surface area contributed by atoms with Crippen molar-refractivity contribution < 1.29 is 14.3 Å². The molecular formula is C13H15BrO3. The van der Waals surface area contributed by atoms with Gasteiger partial charge in [0.05, 0.1) is 13.2 Å². The van der Waals surface area contributed by atoms with E-state index in [0.717, 1.165) is 10.0 Å². The SMILES string of the molecule is CCOC(=O)/C(=C/c1ccccc1Br)OCC. The summed E-state index contributed by atoms with van der Waals surface area (Å²) in [5.41, 5.74) is 0.879. The fraction of sp³-hybridized carbons (Fsp3) is 0.308. The Bertz CT molecular complexity index is 413. The number of hydrogen-bond acceptors (Lipinski definition) is 3. The van der Waals surface area contributed by atoms with Crippen LogP contribution in [0.25, 0.3) is 6.08 Å². The van der Waals surface area contributed by atoms with Gasteiger partial charge in [0.2, 0.25) is 5.76 Å². The lowest BCUT2D eigenvalue weighted by atomic mass is 10.2. The number of carbonyl (C=O) groups excluding carboxylic acids is 1. The first-order chi connectivity index (χ1) is 8.19. The van der Waals surface area contributed by atoms with Gasteiger partial charge in [-0.2, -0.15) is 0 Å². The molecule has 1 aromatic carbocycles. The monoisotopic (exact) mass is 298 g/mol. The van der Waals surface area contributed by atoms with Crippen molar-refractivity contribution in [1.29, 1.82) is 0 Å². The average molecular weight is 299 g/mol. The van der Waals surface area contributed by atoms with Gasteiger partial charge in [0.15, 0.2) is 0 Å². The first kappa shape index (κ1) is 13.8. The number of hydrogen-bond donors (Lipinski definition) is 0. The minimum atomic E-state index is -0.440. The number of benzene rings is 1. The van der Waals surface area contributed by atoms with E-state index in [9.17, 15) is 4.79 Å². The maximum absolute atomic E-state index is 11.6. The molecule has 0 saturated heterocycles. The molecule has 0 N–H and O–H groups in total. The van der Waals surface area contributed by atoms with Crippen LogP contribution >= 0.6 is 15.9 Å². The molecule has 0 bridgehead atoms. The van der Waals surface area contributed by atoms with Crippen molar-refractivity contribution in [3.63, 3.8) is 0 Å². The predicted octanol–water partition coefficient (Wildman–Crippen LogP) is 3.39. The number of ether oxygens (including phenoxy) is 2. The fourth-order valence-corrected chi connectivity index (χ4v) is 1.65. The van der Waals surface area contributed by atoms with Crippen LogP contribution < -0.4 is 0 Å². The van der Waals surface area contributed by atoms with Gasteiger partial charge in [0.25, 0.3) is 0 Å². The summed E-state index contributed by atoms with van der Waals surface area (Å²) < 4.78 is 11.1. The molecule has 0 saturated carbocycles. The molecule has 0 radical (unpaired) electrons. The lowest BCUT2D eigenvalue weighted by Crippen LogP contribution is -2.10. The van der Waals surface area contributed by atoms with Gasteiger partial charge in [-0.1, -0.05) is 34.1 Å². The Labute approximate surface area is 110 Å². The van der Waals surface area contributed by atoms with E-state index in [4.69, 9.17) is 9.47 Å². The van der Waals surface area contributed by atoms with Crippen LogP contribution in [0, 0.1) is 0 Å². The molecule has 0 atom stereocenters. The second-order valence-corrected chi connectivity index (χ2v) is 4.04. The van der Waals surface area contributed by atoms with Crippen LogP contribution in [0.15, 0.2) is 34.5 Å². The van der Waals surface area contributed by atoms with Crippen molar-refractivity contribution in [2.24, 2.45) is 0 Å². The summed E-state index contributed by atoms with van der Waals surface area (Å²) in [5.74, 6) is -0.216. The van der Waals surface area contributed by atoms with E-state index in [0.29, 0.717) is 13.2 Å². The highest BCUT2D eigenvalue weighted by Crippen LogP contribution is 2.19. The first-order valence-electron chi connectivity index (χ1n) is 5.45. The van der Waals surface area contributed by atoms with E-state index in [-0.39, 0.29) is 5.76 Å². The Hall–Kier alpha value is -1.29. The summed E-state index contributed by atoms with van der Waals surface area (Å²) in [6.07, 6.45) is 1.67. The maximum atomic E-state index is 11.6. The molecule has 0 amide bonds. The third-order valence-electron chi connectivity index (χ3n) is 1.97. The van der Waals surface area contributed by atoms with Gasteiger partial charge in [0, 0.05) is 4.47 Å². The van der Waals surface area contributed by atoms with Gasteiger partial charge in [0.1, 0.15) is 0 Å². The minimum absolute atomic E-state index is 0.223. The second kappa shape index (κ2) is 7.12. The normalized spacial score (nSPS) is 11.1. The van der Waals surface area contributed by atoms with Crippen molar-refractivity contribution in [3.8, 4) is 0 Å². The minimum Gasteiger partial charge on any atom is -0.487 e. The summed E-state index contributed by atoms with van der Waals surface area (Å²) in [5, 5.41) is 0. The zero-order valence-corrected chi connectivity index (χ0v) is 11.5. The van der Waals surface area contributed by atoms with Crippen LogP contribution in [0.2, 0.25) is 0 Å². The van der Waals surface area contributed by atoms with Gasteiger partial charge in [-0.25, -0.2) is 4.79 Å². The first-order valence-corrected chi connectivity index (χ1v) is 6.24. The van der Waals surface area contributed by atoms with Crippen molar-refractivity contribution in [2.75, 3.05) is 13.2 Å². The molecule has 0 unspecified atom stereocenters. The highest BCUT2D eigenvalue weighted by Gasteiger charge is 2.12. The molecule has 0 heterocycles. The molecule has 1 rings (SSSR count). The Morgan fingerprint density at radius 1 is 1.24 bits per heavy atom. The standard InChI is InChI=1S/C13H15BrO3/c1-3-16-12(13(15)17-4-2)9-10-7-5-6-8-11(10)14/h5-9H,3-4H2,1-2H3/b12-9-. The van der Waals surface area contributed by atoms with Gasteiger partial charge < -0.3 is 9.47 Å². The lowest BCUT2D eigenvalue weighted by molar-refractivity contribution is -0.142. The predicted molar refractivity (Wildman–Crippen MR) is 70.4 cm³/mol. The molecular weight excluding hydrogens is 284 g/mol. The van der Waals surface area contributed by atoms with Gasteiger partial charge in [-0.15, -0.1) is 0 Å². The molecule has 1 aromatic rings. The number of rotatable bonds is 5. The number of halogens is 1. The van der Waals surface area contributed by atoms with Crippen LogP contribution in [0.1, 0.15) is 19.4 Å². The number of esters is 1. The Morgan fingerprint density at radius 3 is 2.47 bits per heavy atom. The van der Waals surface area contributed by atoms with Gasteiger partial charge in [-0.05, 0) is 31.6 Å². The largest absolute Gasteiger partial charge is 0.487 e. The van der Waals surface area contributed by atoms with E-state index in [1.54, 1.807) is 13.0 Å². The third kappa shape index (κ3) is 4.23. The smallest absolute Gasteiger partial charge is 0.373 e. The Morgan fingerprint density at radius 2 is 1.88 bits per heavy atom. The quantitative estimate of drug-likeness (QED) is 0.475. The molecule has 0 aliphatic heterocycles. The zero-order valence-electron chi connectivity index (χ0n) is 9.90. The van der Waals surface area contributed by atoms with Crippen molar-refractivity contribution in [2.45, 2.75) is 13.8 Å². The molecule has 4 heteroatoms. The molecule has 3 nitrogen and oxygen atoms in total. The fourth-order valence-electron chi connectivity index (χ4n) is 1.25. The van der Waals surface area contributed by atoms with E-state index in [1.807, 2.05) is 31.2 Å². The van der Waals surface area contributed by atoms with Crippen LogP contribution in [0.5, 0.6) is 0 Å². The molecule has 0 aromatic heterocycles. The second-order valence-electron chi connectivity index (χ2n) is 3.18. The molecule has 0 aliphatic rings. The van der Waals surface area contributed by atoms with E-state index in [1.165, 1.54) is 0 Å². The summed E-state index contributed by atoms with van der Waals surface area (Å²) in [7, 11) is 0. The molecule has 17 heavy (non-hydrogen) atoms. The maximum Gasteiger partial charge on any atom is 0.373 e. The number of carbonyl (C=O) groups is 1. The van der Waals surface area contributed by atoms with Crippen LogP contribution in [-0.2, 0) is 14.3 Å². The van der Waals surface area contributed by atoms with Crippen molar-refractivity contribution in [1.82, 2.24) is 0 Å². The third-order valence-corrected chi connectivity index (χ3v) is 2.69. The van der Waals surface area contributed by atoms with Gasteiger partial charge in [-0.3, -0.25) is 0 Å². The van der Waals surface area contributed by atoms with Crippen molar-refractivity contribution >= 4 is 28.0 Å². The highest BCUT2D eigenvalue weighted by molar-refractivity contribution is 9.10. The van der Waals surface area contributed by atoms with Crippen LogP contribution in [0.4, 0.5) is 0 Å². The van der Waals surface area contributed by atoms with Crippen molar-refractivity contribution in [3.05, 3.63) is 40.1 Å².